The second-order valence-electron chi connectivity index (χ2n) is 5.61. The van der Waals surface area contributed by atoms with Crippen LogP contribution in [0.1, 0.15) is 46.5 Å². The summed E-state index contributed by atoms with van der Waals surface area (Å²) in [5.41, 5.74) is 5.68. The third-order valence-corrected chi connectivity index (χ3v) is 3.64. The lowest BCUT2D eigenvalue weighted by atomic mass is 9.98. The van der Waals surface area contributed by atoms with Gasteiger partial charge in [0.05, 0.1) is 0 Å². The van der Waals surface area contributed by atoms with E-state index >= 15 is 0 Å². The van der Waals surface area contributed by atoms with E-state index < -0.39 is 11.9 Å². The predicted molar refractivity (Wildman–Crippen MR) is 75.6 cm³/mol. The molecule has 0 bridgehead atoms. The second kappa shape index (κ2) is 7.38. The SMILES string of the molecule is CCC1C(=O)NC(=O)CN1C(=O)C(C)CCCC(C)N. The van der Waals surface area contributed by atoms with Crippen molar-refractivity contribution in [2.45, 2.75) is 58.5 Å². The molecule has 1 aliphatic rings. The number of nitrogens with one attached hydrogen (secondary N) is 1. The van der Waals surface area contributed by atoms with Crippen molar-refractivity contribution in [1.82, 2.24) is 10.2 Å². The van der Waals surface area contributed by atoms with Crippen LogP contribution in [0.3, 0.4) is 0 Å². The number of amides is 3. The van der Waals surface area contributed by atoms with Crippen LogP contribution in [0.4, 0.5) is 0 Å². The minimum Gasteiger partial charge on any atom is -0.328 e. The van der Waals surface area contributed by atoms with Crippen molar-refractivity contribution < 1.29 is 14.4 Å². The van der Waals surface area contributed by atoms with Gasteiger partial charge in [0.15, 0.2) is 0 Å². The summed E-state index contributed by atoms with van der Waals surface area (Å²) in [5, 5.41) is 2.27. The first kappa shape index (κ1) is 16.6. The smallest absolute Gasteiger partial charge is 0.249 e. The monoisotopic (exact) mass is 283 g/mol. The fourth-order valence-corrected chi connectivity index (χ4v) is 2.46. The highest BCUT2D eigenvalue weighted by Crippen LogP contribution is 2.17. The molecule has 0 spiro atoms. The summed E-state index contributed by atoms with van der Waals surface area (Å²) in [7, 11) is 0. The van der Waals surface area contributed by atoms with Crippen LogP contribution in [0.2, 0.25) is 0 Å². The molecule has 1 aliphatic heterocycles. The number of hydrogen-bond donors (Lipinski definition) is 2. The normalized spacial score (nSPS) is 22.4. The molecule has 0 saturated carbocycles. The van der Waals surface area contributed by atoms with Crippen molar-refractivity contribution in [3.8, 4) is 0 Å². The van der Waals surface area contributed by atoms with Gasteiger partial charge in [0, 0.05) is 12.0 Å². The number of nitrogens with two attached hydrogens (primary N) is 1. The first-order valence-electron chi connectivity index (χ1n) is 7.26. The highest BCUT2D eigenvalue weighted by Gasteiger charge is 2.36. The van der Waals surface area contributed by atoms with Gasteiger partial charge in [0.25, 0.3) is 0 Å². The number of imide groups is 1. The molecule has 0 radical (unpaired) electrons. The molecule has 6 heteroatoms. The van der Waals surface area contributed by atoms with Crippen LogP contribution in [-0.2, 0) is 14.4 Å². The molecule has 3 unspecified atom stereocenters. The lowest BCUT2D eigenvalue weighted by molar-refractivity contribution is -0.152. The molecule has 1 fully saturated rings. The van der Waals surface area contributed by atoms with E-state index in [1.54, 1.807) is 0 Å². The molecule has 0 aromatic heterocycles. The quantitative estimate of drug-likeness (QED) is 0.690. The summed E-state index contributed by atoms with van der Waals surface area (Å²) >= 11 is 0. The third kappa shape index (κ3) is 4.30. The molecule has 114 valence electrons. The Morgan fingerprint density at radius 1 is 1.40 bits per heavy atom. The molecule has 0 aliphatic carbocycles. The highest BCUT2D eigenvalue weighted by atomic mass is 16.2. The molecular weight excluding hydrogens is 258 g/mol. The third-order valence-electron chi connectivity index (χ3n) is 3.64. The molecule has 0 aromatic carbocycles. The zero-order chi connectivity index (χ0) is 15.3. The first-order chi connectivity index (χ1) is 9.36. The topological polar surface area (TPSA) is 92.5 Å². The van der Waals surface area contributed by atoms with Gasteiger partial charge < -0.3 is 10.6 Å². The van der Waals surface area contributed by atoms with Crippen LogP contribution in [0.25, 0.3) is 0 Å². The number of carbonyl (C=O) groups is 3. The Hall–Kier alpha value is -1.43. The van der Waals surface area contributed by atoms with Crippen molar-refractivity contribution in [2.75, 3.05) is 6.54 Å². The zero-order valence-corrected chi connectivity index (χ0v) is 12.5. The van der Waals surface area contributed by atoms with Crippen LogP contribution < -0.4 is 11.1 Å². The van der Waals surface area contributed by atoms with Gasteiger partial charge in [-0.1, -0.05) is 20.3 Å². The molecular formula is C14H25N3O3. The highest BCUT2D eigenvalue weighted by molar-refractivity contribution is 6.04. The largest absolute Gasteiger partial charge is 0.328 e. The van der Waals surface area contributed by atoms with Crippen LogP contribution in [0.15, 0.2) is 0 Å². The summed E-state index contributed by atoms with van der Waals surface area (Å²) in [5.74, 6) is -1.10. The molecule has 6 nitrogen and oxygen atoms in total. The predicted octanol–water partition coefficient (Wildman–Crippen LogP) is 0.404. The Morgan fingerprint density at radius 3 is 2.60 bits per heavy atom. The molecule has 1 saturated heterocycles. The molecule has 3 atom stereocenters. The van der Waals surface area contributed by atoms with E-state index in [9.17, 15) is 14.4 Å². The average molecular weight is 283 g/mol. The van der Waals surface area contributed by atoms with Gasteiger partial charge >= 0.3 is 0 Å². The Morgan fingerprint density at radius 2 is 2.05 bits per heavy atom. The van der Waals surface area contributed by atoms with Crippen molar-refractivity contribution in [3.05, 3.63) is 0 Å². The Labute approximate surface area is 120 Å². The molecule has 0 aromatic rings. The summed E-state index contributed by atoms with van der Waals surface area (Å²) in [6.07, 6.45) is 2.98. The van der Waals surface area contributed by atoms with Gasteiger partial charge in [-0.2, -0.15) is 0 Å². The summed E-state index contributed by atoms with van der Waals surface area (Å²) in [4.78, 5) is 37.0. The Bertz CT molecular complexity index is 382. The van der Waals surface area contributed by atoms with E-state index in [-0.39, 0.29) is 30.3 Å². The van der Waals surface area contributed by atoms with Gasteiger partial charge in [-0.05, 0) is 26.2 Å². The molecule has 3 amide bonds. The summed E-state index contributed by atoms with van der Waals surface area (Å²) in [6.45, 7) is 5.59. The maximum absolute atomic E-state index is 12.4. The van der Waals surface area contributed by atoms with Gasteiger partial charge in [-0.15, -0.1) is 0 Å². The Balaban J connectivity index is 2.63. The number of carbonyl (C=O) groups excluding carboxylic acids is 3. The number of piperazine rings is 1. The average Bonchev–Trinajstić information content (AvgIpc) is 2.36. The summed E-state index contributed by atoms with van der Waals surface area (Å²) in [6, 6.07) is -0.404. The molecule has 1 heterocycles. The molecule has 3 N–H and O–H groups in total. The van der Waals surface area contributed by atoms with E-state index in [0.29, 0.717) is 6.42 Å². The van der Waals surface area contributed by atoms with Gasteiger partial charge in [-0.25, -0.2) is 0 Å². The van der Waals surface area contributed by atoms with Gasteiger partial charge in [0.2, 0.25) is 17.7 Å². The van der Waals surface area contributed by atoms with Crippen molar-refractivity contribution in [3.63, 3.8) is 0 Å². The van der Waals surface area contributed by atoms with E-state index in [4.69, 9.17) is 5.73 Å². The van der Waals surface area contributed by atoms with Crippen LogP contribution in [-0.4, -0.2) is 41.2 Å². The van der Waals surface area contributed by atoms with Crippen LogP contribution >= 0.6 is 0 Å². The number of hydrogen-bond acceptors (Lipinski definition) is 4. The molecule has 20 heavy (non-hydrogen) atoms. The maximum Gasteiger partial charge on any atom is 0.249 e. The first-order valence-corrected chi connectivity index (χ1v) is 7.26. The van der Waals surface area contributed by atoms with E-state index in [1.165, 1.54) is 4.90 Å². The maximum atomic E-state index is 12.4. The summed E-state index contributed by atoms with van der Waals surface area (Å²) < 4.78 is 0. The van der Waals surface area contributed by atoms with E-state index in [2.05, 4.69) is 5.32 Å². The van der Waals surface area contributed by atoms with E-state index in [0.717, 1.165) is 19.3 Å². The molecule has 1 rings (SSSR count). The zero-order valence-electron chi connectivity index (χ0n) is 12.5. The Kier molecular flexibility index (Phi) is 6.13. The van der Waals surface area contributed by atoms with Crippen molar-refractivity contribution in [2.24, 2.45) is 11.7 Å². The fraction of sp³-hybridized carbons (Fsp3) is 0.786. The van der Waals surface area contributed by atoms with Gasteiger partial charge in [0.1, 0.15) is 12.6 Å². The van der Waals surface area contributed by atoms with Crippen molar-refractivity contribution in [1.29, 1.82) is 0 Å². The minimum atomic E-state index is -0.531. The lowest BCUT2D eigenvalue weighted by Gasteiger charge is -2.35. The van der Waals surface area contributed by atoms with Crippen molar-refractivity contribution >= 4 is 17.7 Å². The van der Waals surface area contributed by atoms with Crippen LogP contribution in [0.5, 0.6) is 0 Å². The minimum absolute atomic E-state index is 0.0271. The number of rotatable bonds is 6. The van der Waals surface area contributed by atoms with E-state index in [1.807, 2.05) is 20.8 Å². The second-order valence-corrected chi connectivity index (χ2v) is 5.61. The van der Waals surface area contributed by atoms with Crippen LogP contribution in [0, 0.1) is 5.92 Å². The lowest BCUT2D eigenvalue weighted by Crippen LogP contribution is -2.60. The fourth-order valence-electron chi connectivity index (χ4n) is 2.46. The number of nitrogens with zero attached hydrogens (tertiary/aromatic N) is 1. The van der Waals surface area contributed by atoms with Gasteiger partial charge in [-0.3, -0.25) is 19.7 Å². The standard InChI is InChI=1S/C14H25N3O3/c1-4-11-13(19)16-12(18)8-17(11)14(20)9(2)6-5-7-10(3)15/h9-11H,4-8,15H2,1-3H3,(H,16,18,19).